The summed E-state index contributed by atoms with van der Waals surface area (Å²) in [5, 5.41) is 20.9. The predicted octanol–water partition coefficient (Wildman–Crippen LogP) is 0.619. The Balaban J connectivity index is 1.14. The van der Waals surface area contributed by atoms with Crippen LogP contribution in [0.2, 0.25) is 0 Å². The first-order chi connectivity index (χ1) is 21.6. The number of nitrogens with two attached hydrogens (primary N) is 1. The van der Waals surface area contributed by atoms with E-state index in [1.165, 1.54) is 35.1 Å². The number of hydrogen-bond acceptors (Lipinski definition) is 14. The normalized spacial score (nSPS) is 28.0. The van der Waals surface area contributed by atoms with Gasteiger partial charge in [-0.3, -0.25) is 28.0 Å². The van der Waals surface area contributed by atoms with Gasteiger partial charge in [-0.1, -0.05) is 42.6 Å². The summed E-state index contributed by atoms with van der Waals surface area (Å²) in [5.41, 5.74) is 6.08. The number of nitrogen functional groups attached to an aromatic ring is 1. The van der Waals surface area contributed by atoms with E-state index in [0.717, 1.165) is 0 Å². The summed E-state index contributed by atoms with van der Waals surface area (Å²) in [6.07, 6.45) is -2.99. The van der Waals surface area contributed by atoms with Crippen LogP contribution in [-0.2, 0) is 27.8 Å². The van der Waals surface area contributed by atoms with Crippen molar-refractivity contribution < 1.29 is 38.0 Å². The lowest BCUT2D eigenvalue weighted by Crippen LogP contribution is -2.35. The number of aliphatic hydroxyl groups is 2. The van der Waals surface area contributed by atoms with Crippen molar-refractivity contribution in [3.8, 4) is 11.1 Å². The van der Waals surface area contributed by atoms with Crippen molar-refractivity contribution in [3.05, 3.63) is 70.0 Å². The second-order valence-electron chi connectivity index (χ2n) is 10.4. The maximum Gasteiger partial charge on any atom is 0.386 e. The summed E-state index contributed by atoms with van der Waals surface area (Å²) in [6.45, 7) is -5.10. The van der Waals surface area contributed by atoms with Crippen molar-refractivity contribution in [1.29, 1.82) is 0 Å². The van der Waals surface area contributed by atoms with Crippen LogP contribution in [0, 0.1) is 0 Å². The number of benzene rings is 1. The van der Waals surface area contributed by atoms with Crippen LogP contribution < -0.4 is 17.0 Å². The second-order valence-corrected chi connectivity index (χ2v) is 13.2. The fourth-order valence-corrected chi connectivity index (χ4v) is 6.95. The highest BCUT2D eigenvalue weighted by molar-refractivity contribution is 8.44. The molecule has 2 saturated heterocycles. The number of H-pyrrole nitrogens is 1. The lowest BCUT2D eigenvalue weighted by atomic mass is 10.1. The van der Waals surface area contributed by atoms with Crippen molar-refractivity contribution in [2.24, 2.45) is 0 Å². The summed E-state index contributed by atoms with van der Waals surface area (Å²) in [7, 11) is 1.39. The summed E-state index contributed by atoms with van der Waals surface area (Å²) in [4.78, 5) is 39.8. The number of hydrogen-bond donors (Lipinski definition) is 5. The van der Waals surface area contributed by atoms with E-state index in [0.29, 0.717) is 16.7 Å². The highest BCUT2D eigenvalue weighted by atomic mass is 32.7. The van der Waals surface area contributed by atoms with Gasteiger partial charge in [-0.15, -0.1) is 0 Å². The Morgan fingerprint density at radius 2 is 1.93 bits per heavy atom. The Hall–Kier alpha value is -3.45. The molecule has 6 rings (SSSR count). The Labute approximate surface area is 259 Å². The van der Waals surface area contributed by atoms with Crippen LogP contribution in [0.15, 0.2) is 58.8 Å². The molecule has 1 aromatic carbocycles. The molecule has 240 valence electrons. The molecule has 0 amide bonds. The predicted molar refractivity (Wildman–Crippen MR) is 160 cm³/mol. The van der Waals surface area contributed by atoms with Gasteiger partial charge in [-0.25, -0.2) is 24.3 Å². The summed E-state index contributed by atoms with van der Waals surface area (Å²) in [6, 6.07) is 8.73. The molecule has 5 heterocycles. The third-order valence-corrected chi connectivity index (χ3v) is 9.28. The molecular weight excluding hydrogens is 633 g/mol. The van der Waals surface area contributed by atoms with E-state index < -0.39 is 74.2 Å². The number of anilines is 1. The van der Waals surface area contributed by atoms with E-state index in [1.54, 1.807) is 30.3 Å². The van der Waals surface area contributed by atoms with Gasteiger partial charge in [0.15, 0.2) is 17.7 Å². The maximum absolute atomic E-state index is 13.3. The Morgan fingerprint density at radius 3 is 2.67 bits per heavy atom. The zero-order valence-electron chi connectivity index (χ0n) is 23.6. The lowest BCUT2D eigenvalue weighted by molar-refractivity contribution is -0.0587. The van der Waals surface area contributed by atoms with Crippen LogP contribution in [0.1, 0.15) is 18.9 Å². The number of nitrogens with one attached hydrogen (secondary N) is 1. The van der Waals surface area contributed by atoms with Gasteiger partial charge in [0.2, 0.25) is 0 Å². The molecule has 0 saturated carbocycles. The van der Waals surface area contributed by atoms with E-state index in [2.05, 4.69) is 32.2 Å². The largest absolute Gasteiger partial charge is 0.394 e. The van der Waals surface area contributed by atoms with E-state index >= 15 is 0 Å². The van der Waals surface area contributed by atoms with Gasteiger partial charge >= 0.3 is 12.5 Å². The molecule has 3 aromatic heterocycles. The van der Waals surface area contributed by atoms with Gasteiger partial charge in [0.1, 0.15) is 48.6 Å². The summed E-state index contributed by atoms with van der Waals surface area (Å²) >= 11 is 4.09. The number of nitrogens with zero attached hydrogens (tertiary/aromatic N) is 5. The molecule has 4 unspecified atom stereocenters. The Kier molecular flexibility index (Phi) is 8.93. The molecule has 5 N–H and O–H groups in total. The van der Waals surface area contributed by atoms with Crippen LogP contribution in [0.4, 0.5) is 5.82 Å². The number of ether oxygens (including phenoxy) is 3. The van der Waals surface area contributed by atoms with Gasteiger partial charge < -0.3 is 30.2 Å². The summed E-state index contributed by atoms with van der Waals surface area (Å²) < 4.78 is 44.5. The van der Waals surface area contributed by atoms with Gasteiger partial charge in [0.25, 0.3) is 5.56 Å². The minimum atomic E-state index is -4.15. The molecular formula is C26H30N7O10PS. The second kappa shape index (κ2) is 12.7. The molecule has 0 aliphatic carbocycles. The molecule has 45 heavy (non-hydrogen) atoms. The van der Waals surface area contributed by atoms with Crippen LogP contribution >= 0.6 is 19.0 Å². The van der Waals surface area contributed by atoms with Crippen LogP contribution in [0.5, 0.6) is 0 Å². The van der Waals surface area contributed by atoms with Crippen molar-refractivity contribution in [2.75, 3.05) is 26.1 Å². The number of methoxy groups -OCH3 is 1. The zero-order valence-corrected chi connectivity index (χ0v) is 25.4. The highest BCUT2D eigenvalue weighted by Crippen LogP contribution is 2.56. The molecule has 2 aliphatic heterocycles. The summed E-state index contributed by atoms with van der Waals surface area (Å²) in [5.74, 6) is 0.167. The van der Waals surface area contributed by atoms with Crippen molar-refractivity contribution in [1.82, 2.24) is 29.1 Å². The average molecular weight is 664 g/mol. The van der Waals surface area contributed by atoms with E-state index in [4.69, 9.17) is 29.0 Å². The molecule has 19 heteroatoms. The maximum atomic E-state index is 13.3. The quantitative estimate of drug-likeness (QED) is 0.116. The first-order valence-corrected chi connectivity index (χ1v) is 16.4. The topological polar surface area (TPSA) is 228 Å². The van der Waals surface area contributed by atoms with Gasteiger partial charge in [0, 0.05) is 19.7 Å². The van der Waals surface area contributed by atoms with E-state index in [-0.39, 0.29) is 17.8 Å². The molecule has 4 aromatic rings. The first kappa shape index (κ1) is 31.5. The number of rotatable bonds is 10. The van der Waals surface area contributed by atoms with Crippen LogP contribution in [0.3, 0.4) is 0 Å². The Bertz CT molecular complexity index is 1840. The van der Waals surface area contributed by atoms with E-state index in [9.17, 15) is 24.4 Å². The zero-order chi connectivity index (χ0) is 31.9. The third kappa shape index (κ3) is 6.20. The number of aromatic amines is 1. The smallest absolute Gasteiger partial charge is 0.386 e. The van der Waals surface area contributed by atoms with Gasteiger partial charge in [-0.2, -0.15) is 0 Å². The number of imidazole rings is 1. The monoisotopic (exact) mass is 663 g/mol. The molecule has 0 bridgehead atoms. The number of aliphatic hydroxyl groups excluding tert-OH is 2. The molecule has 8 atom stereocenters. The number of thiol groups is 1. The first-order valence-electron chi connectivity index (χ1n) is 13.7. The van der Waals surface area contributed by atoms with Crippen molar-refractivity contribution >= 4 is 36.0 Å². The molecule has 17 nitrogen and oxygen atoms in total. The lowest BCUT2D eigenvalue weighted by Gasteiger charge is -2.22. The number of aromatic nitrogens is 6. The standard InChI is InChI=1S/C26H30N7O10PS/c1-39-21-20(35)17(42-25(21)33-12-30-19-22(27)28-11-29-23(19)33)10-40-44(38,45)43-15-7-18(41-16(15)9-34)32-8-14(24(36)31-26(32)37)13-5-3-2-4-6-13/h2-6,8,11-12,15-18,20-21,25,34-35H,7,9-10H2,1H3,(H,38,45)(H2,27,28,29)(H,31,36,37)/t15?,16-,17-,18-,20?,21?,25-,44?/m1/s1. The minimum absolute atomic E-state index is 0.0333. The van der Waals surface area contributed by atoms with Gasteiger partial charge in [0.05, 0.1) is 25.1 Å². The van der Waals surface area contributed by atoms with E-state index in [1.807, 2.05) is 0 Å². The fraction of sp³-hybridized carbons (Fsp3) is 0.423. The minimum Gasteiger partial charge on any atom is -0.394 e. The van der Waals surface area contributed by atoms with Crippen LogP contribution in [0.25, 0.3) is 22.3 Å². The molecule has 2 aliphatic rings. The highest BCUT2D eigenvalue weighted by Gasteiger charge is 2.47. The average Bonchev–Trinajstić information content (AvgIpc) is 3.71. The molecule has 0 spiro atoms. The van der Waals surface area contributed by atoms with Crippen LogP contribution in [-0.4, -0.2) is 90.1 Å². The SMILES string of the molecule is COC1C(O)[C@@H](COP(=O)(S)OC2C[C@H](n3cc(-c4ccccc4)c(=O)[nH]c3=O)O[C@@H]2CO)O[C@H]1n1cnc2c(N)ncnc21. The number of fused-ring (bicyclic) bond motifs is 1. The Morgan fingerprint density at radius 1 is 1.16 bits per heavy atom. The van der Waals surface area contributed by atoms with Crippen molar-refractivity contribution in [2.45, 2.75) is 49.4 Å². The fourth-order valence-electron chi connectivity index (χ4n) is 5.43. The third-order valence-electron chi connectivity index (χ3n) is 7.64. The van der Waals surface area contributed by atoms with Crippen molar-refractivity contribution in [3.63, 3.8) is 0 Å². The molecule has 0 radical (unpaired) electrons. The van der Waals surface area contributed by atoms with Gasteiger partial charge in [-0.05, 0) is 5.56 Å². The molecule has 2 fully saturated rings.